The van der Waals surface area contributed by atoms with Crippen molar-refractivity contribution in [1.29, 1.82) is 0 Å². The SMILES string of the molecule is O[C@@H](C[C@H]1CCCN1c1nc2cc(F)ccc2o1)c1ccc(F)cc1. The van der Waals surface area contributed by atoms with Gasteiger partial charge in [0.25, 0.3) is 6.01 Å². The first-order valence-electron chi connectivity index (χ1n) is 8.36. The molecule has 1 aliphatic heterocycles. The van der Waals surface area contributed by atoms with Crippen LogP contribution in [0.4, 0.5) is 14.8 Å². The molecule has 1 N–H and O–H groups in total. The topological polar surface area (TPSA) is 49.5 Å². The highest BCUT2D eigenvalue weighted by Crippen LogP contribution is 2.33. The Morgan fingerprint density at radius 2 is 1.92 bits per heavy atom. The first-order chi connectivity index (χ1) is 12.1. The summed E-state index contributed by atoms with van der Waals surface area (Å²) >= 11 is 0. The molecule has 25 heavy (non-hydrogen) atoms. The molecule has 4 rings (SSSR count). The summed E-state index contributed by atoms with van der Waals surface area (Å²) in [7, 11) is 0. The van der Waals surface area contributed by atoms with Crippen molar-refractivity contribution in [2.75, 3.05) is 11.4 Å². The summed E-state index contributed by atoms with van der Waals surface area (Å²) in [6.45, 7) is 0.774. The first-order valence-corrected chi connectivity index (χ1v) is 8.36. The van der Waals surface area contributed by atoms with Gasteiger partial charge in [0.2, 0.25) is 0 Å². The van der Waals surface area contributed by atoms with Crippen LogP contribution >= 0.6 is 0 Å². The maximum atomic E-state index is 13.3. The Kier molecular flexibility index (Phi) is 4.13. The fourth-order valence-electron chi connectivity index (χ4n) is 3.42. The molecule has 1 aromatic heterocycles. The molecule has 3 aromatic rings. The summed E-state index contributed by atoms with van der Waals surface area (Å²) in [6.07, 6.45) is 1.69. The Balaban J connectivity index is 1.54. The van der Waals surface area contributed by atoms with E-state index in [1.54, 1.807) is 18.2 Å². The molecule has 1 saturated heterocycles. The highest BCUT2D eigenvalue weighted by Gasteiger charge is 2.30. The number of oxazole rings is 1. The van der Waals surface area contributed by atoms with Crippen molar-refractivity contribution in [3.8, 4) is 0 Å². The number of rotatable bonds is 4. The third-order valence-corrected chi connectivity index (χ3v) is 4.71. The van der Waals surface area contributed by atoms with Gasteiger partial charge in [0.05, 0.1) is 6.10 Å². The van der Waals surface area contributed by atoms with Crippen LogP contribution in [0.1, 0.15) is 30.9 Å². The van der Waals surface area contributed by atoms with Gasteiger partial charge in [-0.3, -0.25) is 0 Å². The summed E-state index contributed by atoms with van der Waals surface area (Å²) in [6, 6.07) is 10.7. The number of aliphatic hydroxyl groups is 1. The van der Waals surface area contributed by atoms with Crippen molar-refractivity contribution in [2.24, 2.45) is 0 Å². The molecule has 0 amide bonds. The summed E-state index contributed by atoms with van der Waals surface area (Å²) in [4.78, 5) is 6.40. The smallest absolute Gasteiger partial charge is 0.298 e. The van der Waals surface area contributed by atoms with Crippen LogP contribution in [0.2, 0.25) is 0 Å². The monoisotopic (exact) mass is 344 g/mol. The lowest BCUT2D eigenvalue weighted by atomic mass is 10.0. The summed E-state index contributed by atoms with van der Waals surface area (Å²) in [5.41, 5.74) is 1.72. The fourth-order valence-corrected chi connectivity index (χ4v) is 3.42. The van der Waals surface area contributed by atoms with Gasteiger partial charge in [-0.25, -0.2) is 8.78 Å². The summed E-state index contributed by atoms with van der Waals surface area (Å²) < 4.78 is 32.1. The predicted molar refractivity (Wildman–Crippen MR) is 90.3 cm³/mol. The number of hydrogen-bond acceptors (Lipinski definition) is 4. The fraction of sp³-hybridized carbons (Fsp3) is 0.316. The van der Waals surface area contributed by atoms with E-state index in [0.29, 0.717) is 29.1 Å². The summed E-state index contributed by atoms with van der Waals surface area (Å²) in [5.74, 6) is -0.672. The number of aliphatic hydroxyl groups excluding tert-OH is 1. The van der Waals surface area contributed by atoms with E-state index >= 15 is 0 Å². The van der Waals surface area contributed by atoms with Gasteiger partial charge in [-0.05, 0) is 49.1 Å². The largest absolute Gasteiger partial charge is 0.423 e. The molecule has 2 heterocycles. The lowest BCUT2D eigenvalue weighted by Crippen LogP contribution is -2.31. The van der Waals surface area contributed by atoms with E-state index in [1.807, 2.05) is 4.90 Å². The molecule has 4 nitrogen and oxygen atoms in total. The van der Waals surface area contributed by atoms with Crippen molar-refractivity contribution < 1.29 is 18.3 Å². The van der Waals surface area contributed by atoms with Crippen LogP contribution in [0.15, 0.2) is 46.9 Å². The number of fused-ring (bicyclic) bond motifs is 1. The van der Waals surface area contributed by atoms with E-state index in [-0.39, 0.29) is 17.7 Å². The van der Waals surface area contributed by atoms with Gasteiger partial charge >= 0.3 is 0 Å². The molecule has 0 unspecified atom stereocenters. The Hall–Kier alpha value is -2.47. The van der Waals surface area contributed by atoms with Crippen LogP contribution in [-0.4, -0.2) is 22.7 Å². The minimum Gasteiger partial charge on any atom is -0.423 e. The highest BCUT2D eigenvalue weighted by atomic mass is 19.1. The number of anilines is 1. The molecule has 0 radical (unpaired) electrons. The van der Waals surface area contributed by atoms with Crippen LogP contribution in [-0.2, 0) is 0 Å². The Bertz CT molecular complexity index is 879. The molecular weight excluding hydrogens is 326 g/mol. The van der Waals surface area contributed by atoms with Crippen LogP contribution in [0, 0.1) is 11.6 Å². The molecule has 130 valence electrons. The second-order valence-corrected chi connectivity index (χ2v) is 6.40. The number of aromatic nitrogens is 1. The minimum absolute atomic E-state index is 0.0676. The molecular formula is C19H18F2N2O2. The average molecular weight is 344 g/mol. The van der Waals surface area contributed by atoms with Crippen LogP contribution < -0.4 is 4.90 Å². The molecule has 1 aliphatic rings. The van der Waals surface area contributed by atoms with Gasteiger partial charge in [-0.2, -0.15) is 4.98 Å². The molecule has 0 bridgehead atoms. The van der Waals surface area contributed by atoms with Crippen molar-refractivity contribution in [2.45, 2.75) is 31.4 Å². The second-order valence-electron chi connectivity index (χ2n) is 6.40. The zero-order valence-corrected chi connectivity index (χ0v) is 13.5. The normalized spacial score (nSPS) is 18.8. The minimum atomic E-state index is -0.687. The maximum Gasteiger partial charge on any atom is 0.298 e. The van der Waals surface area contributed by atoms with Gasteiger partial charge in [-0.15, -0.1) is 0 Å². The third-order valence-electron chi connectivity index (χ3n) is 4.71. The average Bonchev–Trinajstić information content (AvgIpc) is 3.21. The maximum absolute atomic E-state index is 13.3. The van der Waals surface area contributed by atoms with Gasteiger partial charge in [0, 0.05) is 18.7 Å². The van der Waals surface area contributed by atoms with Crippen molar-refractivity contribution in [3.05, 3.63) is 59.7 Å². The number of hydrogen-bond donors (Lipinski definition) is 1. The van der Waals surface area contributed by atoms with Crippen LogP contribution in [0.5, 0.6) is 0 Å². The third kappa shape index (κ3) is 3.22. The molecule has 2 aromatic carbocycles. The zero-order chi connectivity index (χ0) is 17.4. The Morgan fingerprint density at radius 1 is 1.16 bits per heavy atom. The van der Waals surface area contributed by atoms with Gasteiger partial charge < -0.3 is 14.4 Å². The number of nitrogens with zero attached hydrogens (tertiary/aromatic N) is 2. The van der Waals surface area contributed by atoms with Crippen LogP contribution in [0.25, 0.3) is 11.1 Å². The summed E-state index contributed by atoms with van der Waals surface area (Å²) in [5, 5.41) is 10.5. The van der Waals surface area contributed by atoms with Gasteiger partial charge in [0.15, 0.2) is 5.58 Å². The van der Waals surface area contributed by atoms with E-state index < -0.39 is 6.10 Å². The van der Waals surface area contributed by atoms with Crippen molar-refractivity contribution in [3.63, 3.8) is 0 Å². The highest BCUT2D eigenvalue weighted by molar-refractivity contribution is 5.74. The molecule has 0 saturated carbocycles. The van der Waals surface area contributed by atoms with Crippen molar-refractivity contribution >= 4 is 17.1 Å². The van der Waals surface area contributed by atoms with Crippen molar-refractivity contribution in [1.82, 2.24) is 4.98 Å². The Labute approximate surface area is 143 Å². The molecule has 6 heteroatoms. The standard InChI is InChI=1S/C19H18F2N2O2/c20-13-5-3-12(4-6-13)17(24)11-15-2-1-9-23(15)19-22-16-10-14(21)7-8-18(16)25-19/h3-8,10,15,17,24H,1-2,9,11H2/t15-,17+/m1/s1. The molecule has 0 aliphatic carbocycles. The number of benzene rings is 2. The number of halogens is 2. The second kappa shape index (κ2) is 6.44. The van der Waals surface area contributed by atoms with Gasteiger partial charge in [-0.1, -0.05) is 12.1 Å². The zero-order valence-electron chi connectivity index (χ0n) is 13.5. The molecule has 1 fully saturated rings. The first kappa shape index (κ1) is 16.0. The van der Waals surface area contributed by atoms with Crippen LogP contribution in [0.3, 0.4) is 0 Å². The lowest BCUT2D eigenvalue weighted by molar-refractivity contribution is 0.157. The van der Waals surface area contributed by atoms with E-state index in [2.05, 4.69) is 4.98 Å². The predicted octanol–water partition coefficient (Wildman–Crippen LogP) is 4.20. The molecule has 0 spiro atoms. The van der Waals surface area contributed by atoms with Gasteiger partial charge in [0.1, 0.15) is 17.2 Å². The molecule has 2 atom stereocenters. The quantitative estimate of drug-likeness (QED) is 0.771. The Morgan fingerprint density at radius 3 is 2.72 bits per heavy atom. The van der Waals surface area contributed by atoms with E-state index in [9.17, 15) is 13.9 Å². The van der Waals surface area contributed by atoms with E-state index in [0.717, 1.165) is 19.4 Å². The van der Waals surface area contributed by atoms with E-state index in [4.69, 9.17) is 4.42 Å². The van der Waals surface area contributed by atoms with E-state index in [1.165, 1.54) is 24.3 Å². The lowest BCUT2D eigenvalue weighted by Gasteiger charge is -2.25.